The van der Waals surface area contributed by atoms with Crippen LogP contribution in [0.3, 0.4) is 0 Å². The van der Waals surface area contributed by atoms with Crippen LogP contribution in [-0.2, 0) is 13.5 Å². The van der Waals surface area contributed by atoms with E-state index < -0.39 is 0 Å². The number of piperidine rings is 1. The molecule has 21 heavy (non-hydrogen) atoms. The van der Waals surface area contributed by atoms with E-state index in [0.717, 1.165) is 31.9 Å². The van der Waals surface area contributed by atoms with Crippen molar-refractivity contribution in [2.24, 2.45) is 7.05 Å². The Kier molecular flexibility index (Phi) is 4.50. The van der Waals surface area contributed by atoms with E-state index in [2.05, 4.69) is 50.6 Å². The van der Waals surface area contributed by atoms with Crippen LogP contribution in [-0.4, -0.2) is 40.4 Å². The van der Waals surface area contributed by atoms with E-state index in [1.165, 1.54) is 18.5 Å². The molecular formula is C16H23N5. The Bertz CT molecular complexity index is 543. The molecule has 5 heteroatoms. The van der Waals surface area contributed by atoms with Gasteiger partial charge < -0.3 is 10.2 Å². The molecule has 1 N–H and O–H groups in total. The third-order valence-corrected chi connectivity index (χ3v) is 4.04. The second-order valence-corrected chi connectivity index (χ2v) is 5.64. The van der Waals surface area contributed by atoms with Crippen molar-refractivity contribution in [1.82, 2.24) is 20.1 Å². The monoisotopic (exact) mass is 285 g/mol. The minimum atomic E-state index is 0.619. The number of benzene rings is 1. The molecule has 1 aliphatic heterocycles. The molecule has 5 nitrogen and oxygen atoms in total. The van der Waals surface area contributed by atoms with Gasteiger partial charge in [-0.3, -0.25) is 4.68 Å². The molecule has 2 heterocycles. The maximum Gasteiger partial charge on any atom is 0.151 e. The zero-order valence-electron chi connectivity index (χ0n) is 12.6. The Morgan fingerprint density at radius 2 is 1.95 bits per heavy atom. The van der Waals surface area contributed by atoms with E-state index in [-0.39, 0.29) is 0 Å². The Morgan fingerprint density at radius 3 is 2.62 bits per heavy atom. The second kappa shape index (κ2) is 6.72. The zero-order chi connectivity index (χ0) is 14.5. The average molecular weight is 285 g/mol. The number of aromatic nitrogens is 3. The molecule has 1 aromatic carbocycles. The van der Waals surface area contributed by atoms with Crippen LogP contribution in [0.1, 0.15) is 18.7 Å². The number of aryl methyl sites for hydroxylation is 1. The molecule has 1 fully saturated rings. The van der Waals surface area contributed by atoms with Gasteiger partial charge in [-0.2, -0.15) is 5.10 Å². The molecule has 0 aliphatic carbocycles. The first-order chi connectivity index (χ1) is 10.3. The van der Waals surface area contributed by atoms with Crippen LogP contribution in [0.4, 0.5) is 5.69 Å². The van der Waals surface area contributed by atoms with Crippen molar-refractivity contribution in [3.05, 3.63) is 42.5 Å². The van der Waals surface area contributed by atoms with Crippen molar-refractivity contribution in [2.45, 2.75) is 25.3 Å². The first kappa shape index (κ1) is 14.1. The highest BCUT2D eigenvalue weighted by Crippen LogP contribution is 2.19. The van der Waals surface area contributed by atoms with Crippen molar-refractivity contribution >= 4 is 5.69 Å². The van der Waals surface area contributed by atoms with Crippen LogP contribution in [0.25, 0.3) is 0 Å². The molecule has 1 aromatic heterocycles. The second-order valence-electron chi connectivity index (χ2n) is 5.64. The van der Waals surface area contributed by atoms with E-state index in [0.29, 0.717) is 6.04 Å². The summed E-state index contributed by atoms with van der Waals surface area (Å²) in [6.45, 7) is 3.22. The lowest BCUT2D eigenvalue weighted by molar-refractivity contribution is 0.416. The highest BCUT2D eigenvalue weighted by molar-refractivity contribution is 5.46. The van der Waals surface area contributed by atoms with Crippen molar-refractivity contribution < 1.29 is 0 Å². The molecule has 2 aromatic rings. The Hall–Kier alpha value is -1.88. The van der Waals surface area contributed by atoms with E-state index in [4.69, 9.17) is 0 Å². The number of rotatable bonds is 5. The molecule has 0 bridgehead atoms. The van der Waals surface area contributed by atoms with Gasteiger partial charge in [0.05, 0.1) is 0 Å². The van der Waals surface area contributed by atoms with Crippen molar-refractivity contribution in [1.29, 1.82) is 0 Å². The van der Waals surface area contributed by atoms with Crippen molar-refractivity contribution in [3.8, 4) is 0 Å². The number of para-hydroxylation sites is 1. The van der Waals surface area contributed by atoms with Gasteiger partial charge in [-0.25, -0.2) is 4.98 Å². The summed E-state index contributed by atoms with van der Waals surface area (Å²) in [6, 6.07) is 11.3. The highest BCUT2D eigenvalue weighted by atomic mass is 15.3. The molecule has 1 aliphatic rings. The molecule has 0 saturated carbocycles. The van der Waals surface area contributed by atoms with E-state index in [9.17, 15) is 0 Å². The number of nitrogens with one attached hydrogen (secondary N) is 1. The van der Waals surface area contributed by atoms with Gasteiger partial charge in [-0.15, -0.1) is 0 Å². The number of anilines is 1. The summed E-state index contributed by atoms with van der Waals surface area (Å²) in [7, 11) is 1.91. The van der Waals surface area contributed by atoms with Gasteiger partial charge in [0.1, 0.15) is 6.33 Å². The molecule has 1 saturated heterocycles. The van der Waals surface area contributed by atoms with Gasteiger partial charge in [-0.05, 0) is 25.0 Å². The van der Waals surface area contributed by atoms with E-state index in [1.54, 1.807) is 11.0 Å². The summed E-state index contributed by atoms with van der Waals surface area (Å²) in [5.74, 6) is 0.923. The molecule has 112 valence electrons. The van der Waals surface area contributed by atoms with Crippen molar-refractivity contribution in [2.75, 3.05) is 24.5 Å². The van der Waals surface area contributed by atoms with Gasteiger partial charge >= 0.3 is 0 Å². The lowest BCUT2D eigenvalue weighted by Gasteiger charge is -2.34. The Morgan fingerprint density at radius 1 is 1.19 bits per heavy atom. The van der Waals surface area contributed by atoms with Crippen LogP contribution >= 0.6 is 0 Å². The SMILES string of the molecule is Cn1cnc(CCNC2CCN(c3ccccc3)CC2)n1. The molecule has 0 radical (unpaired) electrons. The summed E-state index contributed by atoms with van der Waals surface area (Å²) < 4.78 is 1.76. The van der Waals surface area contributed by atoms with Crippen LogP contribution < -0.4 is 10.2 Å². The quantitative estimate of drug-likeness (QED) is 0.907. The van der Waals surface area contributed by atoms with E-state index in [1.807, 2.05) is 7.05 Å². The van der Waals surface area contributed by atoms with Gasteiger partial charge in [0, 0.05) is 44.8 Å². The molecule has 0 spiro atoms. The number of hydrogen-bond acceptors (Lipinski definition) is 4. The minimum absolute atomic E-state index is 0.619. The maximum atomic E-state index is 4.30. The number of nitrogens with zero attached hydrogens (tertiary/aromatic N) is 4. The summed E-state index contributed by atoms with van der Waals surface area (Å²) in [5.41, 5.74) is 1.34. The predicted octanol–water partition coefficient (Wildman–Crippen LogP) is 1.62. The number of hydrogen-bond donors (Lipinski definition) is 1. The summed E-state index contributed by atoms with van der Waals surface area (Å²) >= 11 is 0. The van der Waals surface area contributed by atoms with Crippen LogP contribution in [0.5, 0.6) is 0 Å². The fourth-order valence-electron chi connectivity index (χ4n) is 2.87. The van der Waals surface area contributed by atoms with Gasteiger partial charge in [-0.1, -0.05) is 18.2 Å². The van der Waals surface area contributed by atoms with Crippen LogP contribution in [0.2, 0.25) is 0 Å². The third-order valence-electron chi connectivity index (χ3n) is 4.04. The topological polar surface area (TPSA) is 46.0 Å². The first-order valence-corrected chi connectivity index (χ1v) is 7.69. The van der Waals surface area contributed by atoms with Crippen LogP contribution in [0.15, 0.2) is 36.7 Å². The largest absolute Gasteiger partial charge is 0.371 e. The lowest BCUT2D eigenvalue weighted by Crippen LogP contribution is -2.43. The summed E-state index contributed by atoms with van der Waals surface area (Å²) in [6.07, 6.45) is 5.06. The molecule has 0 amide bonds. The van der Waals surface area contributed by atoms with E-state index >= 15 is 0 Å². The van der Waals surface area contributed by atoms with Gasteiger partial charge in [0.15, 0.2) is 5.82 Å². The maximum absolute atomic E-state index is 4.30. The standard InChI is InChI=1S/C16H23N5/c1-20-13-18-16(19-20)7-10-17-14-8-11-21(12-9-14)15-5-3-2-4-6-15/h2-6,13-14,17H,7-12H2,1H3. The molecule has 3 rings (SSSR count). The zero-order valence-corrected chi connectivity index (χ0v) is 12.6. The minimum Gasteiger partial charge on any atom is -0.371 e. The smallest absolute Gasteiger partial charge is 0.151 e. The highest BCUT2D eigenvalue weighted by Gasteiger charge is 2.18. The Labute approximate surface area is 126 Å². The summed E-state index contributed by atoms with van der Waals surface area (Å²) in [5, 5.41) is 7.94. The van der Waals surface area contributed by atoms with Gasteiger partial charge in [0.25, 0.3) is 0 Å². The Balaban J connectivity index is 1.40. The van der Waals surface area contributed by atoms with Gasteiger partial charge in [0.2, 0.25) is 0 Å². The predicted molar refractivity (Wildman–Crippen MR) is 84.4 cm³/mol. The first-order valence-electron chi connectivity index (χ1n) is 7.69. The molecule has 0 unspecified atom stereocenters. The summed E-state index contributed by atoms with van der Waals surface area (Å²) in [4.78, 5) is 6.72. The van der Waals surface area contributed by atoms with Crippen molar-refractivity contribution in [3.63, 3.8) is 0 Å². The lowest BCUT2D eigenvalue weighted by atomic mass is 10.0. The molecular weight excluding hydrogens is 262 g/mol. The fourth-order valence-corrected chi connectivity index (χ4v) is 2.87. The third kappa shape index (κ3) is 3.82. The molecule has 0 atom stereocenters. The average Bonchev–Trinajstić information content (AvgIpc) is 2.94. The van der Waals surface area contributed by atoms with Crippen LogP contribution in [0, 0.1) is 0 Å². The normalized spacial score (nSPS) is 16.3. The fraction of sp³-hybridized carbons (Fsp3) is 0.500.